The highest BCUT2D eigenvalue weighted by atomic mass is 16.4. The molecular weight excluding hydrogens is 218 g/mol. The Morgan fingerprint density at radius 1 is 1.35 bits per heavy atom. The maximum Gasteiger partial charge on any atom is 0.305 e. The van der Waals surface area contributed by atoms with Gasteiger partial charge in [0.25, 0.3) is 0 Å². The Kier molecular flexibility index (Phi) is 3.64. The first kappa shape index (κ1) is 11.9. The van der Waals surface area contributed by atoms with Crippen LogP contribution in [-0.2, 0) is 4.79 Å². The van der Waals surface area contributed by atoms with Gasteiger partial charge in [-0.3, -0.25) is 9.69 Å². The van der Waals surface area contributed by atoms with Gasteiger partial charge in [0.15, 0.2) is 0 Å². The zero-order valence-corrected chi connectivity index (χ0v) is 9.67. The zero-order valence-electron chi connectivity index (χ0n) is 9.67. The standard InChI is InChI=1S/C13H17NO3/c15-11-5-3-4-10(8-11)12(9-13(16)17)14-6-1-2-7-14/h3-5,8,12,15H,1-2,6-7,9H2,(H,16,17). The Balaban J connectivity index is 2.22. The second-order valence-electron chi connectivity index (χ2n) is 4.45. The average molecular weight is 235 g/mol. The van der Waals surface area contributed by atoms with E-state index in [-0.39, 0.29) is 18.2 Å². The van der Waals surface area contributed by atoms with Crippen LogP contribution in [0.15, 0.2) is 24.3 Å². The van der Waals surface area contributed by atoms with Crippen molar-refractivity contribution >= 4 is 5.97 Å². The minimum absolute atomic E-state index is 0.0868. The fraction of sp³-hybridized carbons (Fsp3) is 0.462. The topological polar surface area (TPSA) is 60.8 Å². The highest BCUT2D eigenvalue weighted by molar-refractivity contribution is 5.68. The van der Waals surface area contributed by atoms with Gasteiger partial charge in [-0.25, -0.2) is 0 Å². The zero-order chi connectivity index (χ0) is 12.3. The molecule has 1 aromatic carbocycles. The van der Waals surface area contributed by atoms with E-state index in [2.05, 4.69) is 4.90 Å². The van der Waals surface area contributed by atoms with Crippen LogP contribution in [-0.4, -0.2) is 34.2 Å². The SMILES string of the molecule is O=C(O)CC(c1cccc(O)c1)N1CCCC1. The van der Waals surface area contributed by atoms with E-state index in [4.69, 9.17) is 5.11 Å². The van der Waals surface area contributed by atoms with Crippen molar-refractivity contribution in [3.05, 3.63) is 29.8 Å². The van der Waals surface area contributed by atoms with Crippen LogP contribution >= 0.6 is 0 Å². The first-order chi connectivity index (χ1) is 8.16. The molecule has 1 fully saturated rings. The van der Waals surface area contributed by atoms with Gasteiger partial charge in [0, 0.05) is 6.04 Å². The molecule has 0 aliphatic carbocycles. The summed E-state index contributed by atoms with van der Waals surface area (Å²) in [5.74, 6) is -0.609. The van der Waals surface area contributed by atoms with Crippen molar-refractivity contribution in [2.75, 3.05) is 13.1 Å². The van der Waals surface area contributed by atoms with Crippen LogP contribution in [0.5, 0.6) is 5.75 Å². The Bertz CT molecular complexity index is 399. The van der Waals surface area contributed by atoms with Crippen LogP contribution in [0.3, 0.4) is 0 Å². The molecule has 2 N–H and O–H groups in total. The molecule has 1 aliphatic heterocycles. The number of hydrogen-bond acceptors (Lipinski definition) is 3. The minimum Gasteiger partial charge on any atom is -0.508 e. The molecule has 2 rings (SSSR count). The molecule has 4 heteroatoms. The van der Waals surface area contributed by atoms with Gasteiger partial charge in [-0.05, 0) is 43.6 Å². The molecule has 0 spiro atoms. The van der Waals surface area contributed by atoms with Gasteiger partial charge in [0.05, 0.1) is 6.42 Å². The lowest BCUT2D eigenvalue weighted by atomic mass is 10.0. The normalized spacial score (nSPS) is 18.1. The van der Waals surface area contributed by atoms with Crippen molar-refractivity contribution in [3.8, 4) is 5.75 Å². The third-order valence-corrected chi connectivity index (χ3v) is 3.20. The largest absolute Gasteiger partial charge is 0.508 e. The maximum absolute atomic E-state index is 10.9. The van der Waals surface area contributed by atoms with Gasteiger partial charge in [-0.15, -0.1) is 0 Å². The molecule has 0 radical (unpaired) electrons. The smallest absolute Gasteiger partial charge is 0.305 e. The predicted molar refractivity (Wildman–Crippen MR) is 63.9 cm³/mol. The van der Waals surface area contributed by atoms with Crippen LogP contribution in [0, 0.1) is 0 Å². The molecule has 1 saturated heterocycles. The number of rotatable bonds is 4. The summed E-state index contributed by atoms with van der Waals surface area (Å²) in [7, 11) is 0. The Hall–Kier alpha value is -1.55. The third kappa shape index (κ3) is 2.97. The summed E-state index contributed by atoms with van der Waals surface area (Å²) < 4.78 is 0. The number of carbonyl (C=O) groups is 1. The van der Waals surface area contributed by atoms with Crippen molar-refractivity contribution in [1.29, 1.82) is 0 Å². The molecule has 1 aliphatic rings. The second-order valence-corrected chi connectivity index (χ2v) is 4.45. The highest BCUT2D eigenvalue weighted by Crippen LogP contribution is 2.29. The molecule has 4 nitrogen and oxygen atoms in total. The van der Waals surface area contributed by atoms with E-state index in [0.29, 0.717) is 0 Å². The summed E-state index contributed by atoms with van der Waals surface area (Å²) in [6, 6.07) is 6.78. The van der Waals surface area contributed by atoms with Gasteiger partial charge in [-0.2, -0.15) is 0 Å². The second kappa shape index (κ2) is 5.19. The number of benzene rings is 1. The van der Waals surface area contributed by atoms with E-state index >= 15 is 0 Å². The molecule has 92 valence electrons. The number of hydrogen-bond donors (Lipinski definition) is 2. The number of phenolic OH excluding ortho intramolecular Hbond substituents is 1. The predicted octanol–water partition coefficient (Wildman–Crippen LogP) is 2.00. The number of nitrogens with zero attached hydrogens (tertiary/aromatic N) is 1. The van der Waals surface area contributed by atoms with Crippen molar-refractivity contribution in [1.82, 2.24) is 4.90 Å². The van der Waals surface area contributed by atoms with E-state index < -0.39 is 5.97 Å². The first-order valence-electron chi connectivity index (χ1n) is 5.91. The number of aromatic hydroxyl groups is 1. The molecule has 1 heterocycles. The lowest BCUT2D eigenvalue weighted by Crippen LogP contribution is -2.27. The van der Waals surface area contributed by atoms with Gasteiger partial charge in [0.2, 0.25) is 0 Å². The summed E-state index contributed by atoms with van der Waals surface area (Å²) in [5, 5.41) is 18.5. The fourth-order valence-electron chi connectivity index (χ4n) is 2.41. The summed E-state index contributed by atoms with van der Waals surface area (Å²) in [6.45, 7) is 1.88. The monoisotopic (exact) mass is 235 g/mol. The number of phenols is 1. The van der Waals surface area contributed by atoms with Crippen molar-refractivity contribution in [2.24, 2.45) is 0 Å². The first-order valence-corrected chi connectivity index (χ1v) is 5.91. The third-order valence-electron chi connectivity index (χ3n) is 3.20. The van der Waals surface area contributed by atoms with Crippen LogP contribution in [0.25, 0.3) is 0 Å². The molecule has 1 unspecified atom stereocenters. The molecule has 17 heavy (non-hydrogen) atoms. The molecule has 0 saturated carbocycles. The number of carboxylic acid groups (broad SMARTS) is 1. The van der Waals surface area contributed by atoms with E-state index in [0.717, 1.165) is 31.5 Å². The molecule has 1 atom stereocenters. The molecule has 0 amide bonds. The lowest BCUT2D eigenvalue weighted by Gasteiger charge is -2.26. The summed E-state index contributed by atoms with van der Waals surface area (Å²) in [5.41, 5.74) is 0.884. The lowest BCUT2D eigenvalue weighted by molar-refractivity contribution is -0.138. The van der Waals surface area contributed by atoms with Crippen molar-refractivity contribution in [2.45, 2.75) is 25.3 Å². The van der Waals surface area contributed by atoms with Crippen molar-refractivity contribution in [3.63, 3.8) is 0 Å². The number of aliphatic carboxylic acids is 1. The van der Waals surface area contributed by atoms with Crippen LogP contribution in [0.2, 0.25) is 0 Å². The molecule has 0 aromatic heterocycles. The number of carboxylic acids is 1. The molecule has 1 aromatic rings. The van der Waals surface area contributed by atoms with E-state index in [1.165, 1.54) is 0 Å². The summed E-state index contributed by atoms with van der Waals surface area (Å²) in [4.78, 5) is 13.1. The van der Waals surface area contributed by atoms with Crippen LogP contribution < -0.4 is 0 Å². The van der Waals surface area contributed by atoms with Gasteiger partial charge in [0.1, 0.15) is 5.75 Å². The minimum atomic E-state index is -0.801. The van der Waals surface area contributed by atoms with E-state index in [1.807, 2.05) is 6.07 Å². The molecule has 0 bridgehead atoms. The average Bonchev–Trinajstić information content (AvgIpc) is 2.79. The van der Waals surface area contributed by atoms with Gasteiger partial charge < -0.3 is 10.2 Å². The van der Waals surface area contributed by atoms with E-state index in [9.17, 15) is 9.90 Å². The summed E-state index contributed by atoms with van der Waals surface area (Å²) in [6.07, 6.45) is 2.33. The Labute approximate surface area is 100 Å². The maximum atomic E-state index is 10.9. The van der Waals surface area contributed by atoms with Crippen LogP contribution in [0.1, 0.15) is 30.9 Å². The van der Waals surface area contributed by atoms with Crippen molar-refractivity contribution < 1.29 is 15.0 Å². The quantitative estimate of drug-likeness (QED) is 0.838. The van der Waals surface area contributed by atoms with Crippen LogP contribution in [0.4, 0.5) is 0 Å². The summed E-state index contributed by atoms with van der Waals surface area (Å²) >= 11 is 0. The Morgan fingerprint density at radius 3 is 2.65 bits per heavy atom. The Morgan fingerprint density at radius 2 is 2.06 bits per heavy atom. The highest BCUT2D eigenvalue weighted by Gasteiger charge is 2.25. The van der Waals surface area contributed by atoms with Gasteiger partial charge >= 0.3 is 5.97 Å². The van der Waals surface area contributed by atoms with E-state index in [1.54, 1.807) is 18.2 Å². The number of likely N-dealkylation sites (tertiary alicyclic amines) is 1. The fourth-order valence-corrected chi connectivity index (χ4v) is 2.41. The van der Waals surface area contributed by atoms with Gasteiger partial charge in [-0.1, -0.05) is 12.1 Å². The molecular formula is C13H17NO3.